The molecule has 10 heteroatoms. The molecule has 0 aromatic heterocycles. The topological polar surface area (TPSA) is 102 Å². The van der Waals surface area contributed by atoms with Gasteiger partial charge >= 0.3 is 5.97 Å². The third kappa shape index (κ3) is 6.45. The lowest BCUT2D eigenvalue weighted by atomic mass is 10.2. The average molecular weight is 477 g/mol. The fourth-order valence-electron chi connectivity index (χ4n) is 3.35. The van der Waals surface area contributed by atoms with Crippen LogP contribution >= 0.6 is 0 Å². The second-order valence-electron chi connectivity index (χ2n) is 7.33. The number of esters is 1. The molecule has 1 heterocycles. The van der Waals surface area contributed by atoms with Gasteiger partial charge < -0.3 is 19.1 Å². The van der Waals surface area contributed by atoms with Crippen molar-refractivity contribution >= 4 is 21.9 Å². The Morgan fingerprint density at radius 2 is 1.55 bits per heavy atom. The van der Waals surface area contributed by atoms with E-state index in [1.54, 1.807) is 29.2 Å². The van der Waals surface area contributed by atoms with Crippen molar-refractivity contribution in [2.45, 2.75) is 18.7 Å². The number of piperazine rings is 1. The standard InChI is InChI=1S/C23H28N2O7S/c1-3-30-20-7-9-21(10-8-20)31-15-16-32-23(27)19-5-4-6-22(17-19)33(28,29)25-13-11-24(12-14-25)18(2)26/h4-10,17H,3,11-16H2,1-2H3. The molecule has 33 heavy (non-hydrogen) atoms. The molecular weight excluding hydrogens is 448 g/mol. The molecule has 1 aliphatic heterocycles. The van der Waals surface area contributed by atoms with Crippen LogP contribution in [0.5, 0.6) is 11.5 Å². The van der Waals surface area contributed by atoms with Crippen LogP contribution in [0.4, 0.5) is 0 Å². The van der Waals surface area contributed by atoms with E-state index in [0.29, 0.717) is 25.4 Å². The predicted octanol–water partition coefficient (Wildman–Crippen LogP) is 2.17. The molecule has 0 unspecified atom stereocenters. The minimum Gasteiger partial charge on any atom is -0.494 e. The highest BCUT2D eigenvalue weighted by Gasteiger charge is 2.29. The van der Waals surface area contributed by atoms with Gasteiger partial charge in [0.15, 0.2) is 0 Å². The summed E-state index contributed by atoms with van der Waals surface area (Å²) in [4.78, 5) is 25.5. The highest BCUT2D eigenvalue weighted by molar-refractivity contribution is 7.89. The summed E-state index contributed by atoms with van der Waals surface area (Å²) in [5, 5.41) is 0. The fraction of sp³-hybridized carbons (Fsp3) is 0.391. The van der Waals surface area contributed by atoms with E-state index in [2.05, 4.69) is 0 Å². The van der Waals surface area contributed by atoms with Gasteiger partial charge in [0, 0.05) is 33.1 Å². The van der Waals surface area contributed by atoms with Crippen LogP contribution in [0.1, 0.15) is 24.2 Å². The summed E-state index contributed by atoms with van der Waals surface area (Å²) >= 11 is 0. The Morgan fingerprint density at radius 3 is 2.15 bits per heavy atom. The smallest absolute Gasteiger partial charge is 0.338 e. The molecule has 0 atom stereocenters. The number of benzene rings is 2. The monoisotopic (exact) mass is 476 g/mol. The van der Waals surface area contributed by atoms with Crippen molar-refractivity contribution in [1.82, 2.24) is 9.21 Å². The van der Waals surface area contributed by atoms with Crippen LogP contribution in [0, 0.1) is 0 Å². The molecule has 1 fully saturated rings. The lowest BCUT2D eigenvalue weighted by Crippen LogP contribution is -2.49. The van der Waals surface area contributed by atoms with Crippen molar-refractivity contribution in [3.05, 3.63) is 54.1 Å². The molecule has 1 amide bonds. The summed E-state index contributed by atoms with van der Waals surface area (Å²) in [5.41, 5.74) is 0.138. The Morgan fingerprint density at radius 1 is 0.909 bits per heavy atom. The molecule has 0 spiro atoms. The van der Waals surface area contributed by atoms with Crippen LogP contribution in [0.15, 0.2) is 53.4 Å². The summed E-state index contributed by atoms with van der Waals surface area (Å²) < 4.78 is 43.4. The molecule has 0 bridgehead atoms. The second kappa shape index (κ2) is 11.2. The van der Waals surface area contributed by atoms with Gasteiger partial charge in [-0.1, -0.05) is 6.07 Å². The van der Waals surface area contributed by atoms with E-state index in [4.69, 9.17) is 14.2 Å². The number of hydrogen-bond donors (Lipinski definition) is 0. The number of carbonyl (C=O) groups is 2. The van der Waals surface area contributed by atoms with Gasteiger partial charge in [-0.05, 0) is 49.4 Å². The molecule has 178 valence electrons. The molecule has 0 radical (unpaired) electrons. The zero-order chi connectivity index (χ0) is 23.8. The number of nitrogens with zero attached hydrogens (tertiary/aromatic N) is 2. The van der Waals surface area contributed by atoms with Crippen LogP contribution in [0.25, 0.3) is 0 Å². The molecule has 3 rings (SSSR count). The second-order valence-corrected chi connectivity index (χ2v) is 9.26. The number of sulfonamides is 1. The summed E-state index contributed by atoms with van der Waals surface area (Å²) in [6.07, 6.45) is 0. The van der Waals surface area contributed by atoms with E-state index < -0.39 is 16.0 Å². The Kier molecular flexibility index (Phi) is 8.29. The molecule has 2 aromatic rings. The fourth-order valence-corrected chi connectivity index (χ4v) is 4.82. The third-order valence-electron chi connectivity index (χ3n) is 5.11. The Hall–Kier alpha value is -3.11. The lowest BCUT2D eigenvalue weighted by molar-refractivity contribution is -0.129. The van der Waals surface area contributed by atoms with E-state index in [0.717, 1.165) is 5.75 Å². The van der Waals surface area contributed by atoms with Crippen molar-refractivity contribution in [2.24, 2.45) is 0 Å². The molecular formula is C23H28N2O7S. The van der Waals surface area contributed by atoms with Crippen LogP contribution in [-0.4, -0.2) is 75.5 Å². The van der Waals surface area contributed by atoms with Crippen molar-refractivity contribution in [1.29, 1.82) is 0 Å². The maximum absolute atomic E-state index is 13.0. The zero-order valence-electron chi connectivity index (χ0n) is 18.7. The minimum absolute atomic E-state index is 0.00995. The van der Waals surface area contributed by atoms with Gasteiger partial charge in [-0.2, -0.15) is 4.31 Å². The summed E-state index contributed by atoms with van der Waals surface area (Å²) in [7, 11) is -3.78. The summed E-state index contributed by atoms with van der Waals surface area (Å²) in [5.74, 6) is 0.645. The summed E-state index contributed by atoms with van der Waals surface area (Å²) in [6, 6.07) is 12.9. The van der Waals surface area contributed by atoms with Crippen LogP contribution in [0.2, 0.25) is 0 Å². The van der Waals surface area contributed by atoms with Crippen LogP contribution in [0.3, 0.4) is 0 Å². The molecule has 1 saturated heterocycles. The van der Waals surface area contributed by atoms with Gasteiger partial charge in [0.05, 0.1) is 17.1 Å². The number of amides is 1. The summed E-state index contributed by atoms with van der Waals surface area (Å²) in [6.45, 7) is 5.20. The van der Waals surface area contributed by atoms with Gasteiger partial charge in [-0.15, -0.1) is 0 Å². The van der Waals surface area contributed by atoms with Gasteiger partial charge in [0.25, 0.3) is 0 Å². The van der Waals surface area contributed by atoms with Gasteiger partial charge in [-0.25, -0.2) is 13.2 Å². The molecule has 1 aliphatic rings. The van der Waals surface area contributed by atoms with Crippen molar-refractivity contribution in [2.75, 3.05) is 46.0 Å². The molecule has 2 aromatic carbocycles. The number of ether oxygens (including phenoxy) is 3. The van der Waals surface area contributed by atoms with E-state index in [1.807, 2.05) is 6.92 Å². The number of rotatable bonds is 9. The number of carbonyl (C=O) groups excluding carboxylic acids is 2. The van der Waals surface area contributed by atoms with E-state index in [-0.39, 0.29) is 42.7 Å². The highest BCUT2D eigenvalue weighted by Crippen LogP contribution is 2.20. The molecule has 0 N–H and O–H groups in total. The predicted molar refractivity (Wildman–Crippen MR) is 121 cm³/mol. The Balaban J connectivity index is 1.53. The maximum Gasteiger partial charge on any atom is 0.338 e. The highest BCUT2D eigenvalue weighted by atomic mass is 32.2. The first-order valence-electron chi connectivity index (χ1n) is 10.7. The lowest BCUT2D eigenvalue weighted by Gasteiger charge is -2.33. The SMILES string of the molecule is CCOc1ccc(OCCOC(=O)c2cccc(S(=O)(=O)N3CCN(C(C)=O)CC3)c2)cc1. The van der Waals surface area contributed by atoms with Gasteiger partial charge in [0.2, 0.25) is 15.9 Å². The Labute approximate surface area is 193 Å². The first kappa shape index (κ1) is 24.5. The average Bonchev–Trinajstić information content (AvgIpc) is 2.83. The van der Waals surface area contributed by atoms with Gasteiger partial charge in [0.1, 0.15) is 24.7 Å². The maximum atomic E-state index is 13.0. The minimum atomic E-state index is -3.78. The van der Waals surface area contributed by atoms with Gasteiger partial charge in [-0.3, -0.25) is 4.79 Å². The first-order chi connectivity index (χ1) is 15.8. The Bertz CT molecular complexity index is 1060. The molecule has 0 aliphatic carbocycles. The van der Waals surface area contributed by atoms with Crippen molar-refractivity contribution in [3.8, 4) is 11.5 Å². The quantitative estimate of drug-likeness (QED) is 0.404. The third-order valence-corrected chi connectivity index (χ3v) is 7.01. The zero-order valence-corrected chi connectivity index (χ0v) is 19.5. The number of hydrogen-bond acceptors (Lipinski definition) is 7. The normalized spacial score (nSPS) is 14.5. The molecule has 9 nitrogen and oxygen atoms in total. The van der Waals surface area contributed by atoms with Crippen molar-refractivity contribution < 1.29 is 32.2 Å². The van der Waals surface area contributed by atoms with E-state index in [1.165, 1.54) is 35.5 Å². The van der Waals surface area contributed by atoms with E-state index >= 15 is 0 Å². The van der Waals surface area contributed by atoms with Crippen LogP contribution in [-0.2, 0) is 19.6 Å². The first-order valence-corrected chi connectivity index (χ1v) is 12.1. The van der Waals surface area contributed by atoms with E-state index in [9.17, 15) is 18.0 Å². The molecule has 0 saturated carbocycles. The van der Waals surface area contributed by atoms with Crippen molar-refractivity contribution in [3.63, 3.8) is 0 Å². The largest absolute Gasteiger partial charge is 0.494 e. The van der Waals surface area contributed by atoms with Crippen LogP contribution < -0.4 is 9.47 Å².